The Morgan fingerprint density at radius 1 is 1.48 bits per heavy atom. The number of aryl methyl sites for hydroxylation is 1. The lowest BCUT2D eigenvalue weighted by atomic mass is 9.79. The maximum atomic E-state index is 13.9. The van der Waals surface area contributed by atoms with E-state index in [1.807, 2.05) is 6.92 Å². The predicted molar refractivity (Wildman–Crippen MR) is 76.0 cm³/mol. The quantitative estimate of drug-likeness (QED) is 0.901. The van der Waals surface area contributed by atoms with Crippen LogP contribution in [0, 0.1) is 24.5 Å². The summed E-state index contributed by atoms with van der Waals surface area (Å²) in [6.07, 6.45) is 3.13. The SMILES string of the molecule is Cc1ccc(F)c(C(=O)NCC2(O)CCCC(C)C2)c1F. The zero-order valence-electron chi connectivity index (χ0n) is 12.4. The smallest absolute Gasteiger partial charge is 0.257 e. The second-order valence-electron chi connectivity index (χ2n) is 6.16. The van der Waals surface area contributed by atoms with Crippen LogP contribution in [0.1, 0.15) is 48.5 Å². The fraction of sp³-hybridized carbons (Fsp3) is 0.562. The summed E-state index contributed by atoms with van der Waals surface area (Å²) in [4.78, 5) is 12.0. The van der Waals surface area contributed by atoms with Crippen molar-refractivity contribution in [2.24, 2.45) is 5.92 Å². The molecule has 1 fully saturated rings. The van der Waals surface area contributed by atoms with E-state index in [1.54, 1.807) is 0 Å². The van der Waals surface area contributed by atoms with E-state index in [2.05, 4.69) is 5.32 Å². The van der Waals surface area contributed by atoms with Gasteiger partial charge in [-0.05, 0) is 37.3 Å². The van der Waals surface area contributed by atoms with E-state index in [1.165, 1.54) is 13.0 Å². The molecule has 21 heavy (non-hydrogen) atoms. The molecule has 2 rings (SSSR count). The number of benzene rings is 1. The molecule has 1 amide bonds. The molecule has 1 aromatic rings. The molecule has 1 saturated carbocycles. The minimum absolute atomic E-state index is 0.0169. The highest BCUT2D eigenvalue weighted by Crippen LogP contribution is 2.31. The van der Waals surface area contributed by atoms with Gasteiger partial charge in [0.05, 0.1) is 5.60 Å². The number of carbonyl (C=O) groups is 1. The maximum absolute atomic E-state index is 13.9. The van der Waals surface area contributed by atoms with Crippen LogP contribution in [0.2, 0.25) is 0 Å². The van der Waals surface area contributed by atoms with Crippen LogP contribution in [0.3, 0.4) is 0 Å². The Bertz CT molecular complexity index is 547. The van der Waals surface area contributed by atoms with E-state index in [0.29, 0.717) is 18.8 Å². The Hall–Kier alpha value is -1.49. The van der Waals surface area contributed by atoms with Gasteiger partial charge in [-0.2, -0.15) is 0 Å². The molecule has 5 heteroatoms. The standard InChI is InChI=1S/C16H21F2NO2/c1-10-4-3-7-16(21,8-10)9-19-15(20)13-12(17)6-5-11(2)14(13)18/h5-6,10,21H,3-4,7-9H2,1-2H3,(H,19,20). The van der Waals surface area contributed by atoms with Crippen LogP contribution in [0.4, 0.5) is 8.78 Å². The number of hydrogen-bond donors (Lipinski definition) is 2. The lowest BCUT2D eigenvalue weighted by Gasteiger charge is -2.35. The Morgan fingerprint density at radius 2 is 2.19 bits per heavy atom. The third-order valence-electron chi connectivity index (χ3n) is 4.16. The summed E-state index contributed by atoms with van der Waals surface area (Å²) in [6, 6.07) is 2.36. The van der Waals surface area contributed by atoms with Crippen LogP contribution in [-0.4, -0.2) is 23.2 Å². The van der Waals surface area contributed by atoms with Gasteiger partial charge in [-0.15, -0.1) is 0 Å². The van der Waals surface area contributed by atoms with E-state index in [4.69, 9.17) is 0 Å². The van der Waals surface area contributed by atoms with Crippen LogP contribution in [0.15, 0.2) is 12.1 Å². The minimum atomic E-state index is -0.982. The van der Waals surface area contributed by atoms with Crippen molar-refractivity contribution in [3.05, 3.63) is 34.9 Å². The van der Waals surface area contributed by atoms with Gasteiger partial charge in [0.25, 0.3) is 5.91 Å². The molecule has 1 aromatic carbocycles. The molecule has 2 N–H and O–H groups in total. The van der Waals surface area contributed by atoms with Gasteiger partial charge in [-0.3, -0.25) is 4.79 Å². The van der Waals surface area contributed by atoms with E-state index in [0.717, 1.165) is 18.9 Å². The van der Waals surface area contributed by atoms with Gasteiger partial charge in [0.15, 0.2) is 0 Å². The second kappa shape index (κ2) is 6.10. The predicted octanol–water partition coefficient (Wildman–Crippen LogP) is 2.94. The summed E-state index contributed by atoms with van der Waals surface area (Å²) in [7, 11) is 0. The lowest BCUT2D eigenvalue weighted by Crippen LogP contribution is -2.46. The van der Waals surface area contributed by atoms with Crippen molar-refractivity contribution >= 4 is 5.91 Å². The lowest BCUT2D eigenvalue weighted by molar-refractivity contribution is -0.0110. The normalized spacial score (nSPS) is 25.7. The summed E-state index contributed by atoms with van der Waals surface area (Å²) < 4.78 is 27.5. The first-order valence-electron chi connectivity index (χ1n) is 7.27. The Labute approximate surface area is 123 Å². The molecule has 3 nitrogen and oxygen atoms in total. The Morgan fingerprint density at radius 3 is 2.86 bits per heavy atom. The molecule has 0 spiro atoms. The van der Waals surface area contributed by atoms with Crippen molar-refractivity contribution in [3.8, 4) is 0 Å². The molecule has 116 valence electrons. The highest BCUT2D eigenvalue weighted by molar-refractivity contribution is 5.95. The molecular weight excluding hydrogens is 276 g/mol. The van der Waals surface area contributed by atoms with E-state index in [-0.39, 0.29) is 12.1 Å². The first kappa shape index (κ1) is 15.9. The van der Waals surface area contributed by atoms with Crippen molar-refractivity contribution in [2.45, 2.75) is 45.1 Å². The molecule has 1 aliphatic rings. The Kier molecular flexibility index (Phi) is 4.61. The summed E-state index contributed by atoms with van der Waals surface area (Å²) in [5, 5.41) is 12.9. The van der Waals surface area contributed by atoms with Crippen molar-refractivity contribution in [1.82, 2.24) is 5.32 Å². The van der Waals surface area contributed by atoms with E-state index >= 15 is 0 Å². The third kappa shape index (κ3) is 3.59. The van der Waals surface area contributed by atoms with Crippen molar-refractivity contribution in [2.75, 3.05) is 6.54 Å². The summed E-state index contributed by atoms with van der Waals surface area (Å²) >= 11 is 0. The van der Waals surface area contributed by atoms with Crippen LogP contribution < -0.4 is 5.32 Å². The first-order chi connectivity index (χ1) is 9.82. The van der Waals surface area contributed by atoms with Gasteiger partial charge in [0.2, 0.25) is 0 Å². The molecule has 0 radical (unpaired) electrons. The first-order valence-corrected chi connectivity index (χ1v) is 7.27. The molecule has 0 aliphatic heterocycles. The average Bonchev–Trinajstić information content (AvgIpc) is 2.41. The summed E-state index contributed by atoms with van der Waals surface area (Å²) in [5.74, 6) is -2.18. The highest BCUT2D eigenvalue weighted by Gasteiger charge is 2.33. The van der Waals surface area contributed by atoms with Crippen molar-refractivity contribution < 1.29 is 18.7 Å². The topological polar surface area (TPSA) is 49.3 Å². The molecule has 1 aliphatic carbocycles. The molecule has 2 atom stereocenters. The van der Waals surface area contributed by atoms with E-state index < -0.39 is 28.7 Å². The van der Waals surface area contributed by atoms with Gasteiger partial charge < -0.3 is 10.4 Å². The average molecular weight is 297 g/mol. The number of halogens is 2. The molecule has 0 saturated heterocycles. The van der Waals surface area contributed by atoms with Crippen molar-refractivity contribution in [1.29, 1.82) is 0 Å². The largest absolute Gasteiger partial charge is 0.388 e. The molecule has 2 unspecified atom stereocenters. The number of carbonyl (C=O) groups excluding carboxylic acids is 1. The van der Waals surface area contributed by atoms with Crippen LogP contribution >= 0.6 is 0 Å². The zero-order valence-corrected chi connectivity index (χ0v) is 12.4. The van der Waals surface area contributed by atoms with Crippen molar-refractivity contribution in [3.63, 3.8) is 0 Å². The fourth-order valence-electron chi connectivity index (χ4n) is 2.99. The summed E-state index contributed by atoms with van der Waals surface area (Å²) in [6.45, 7) is 3.54. The monoisotopic (exact) mass is 297 g/mol. The van der Waals surface area contributed by atoms with Gasteiger partial charge in [-0.25, -0.2) is 8.78 Å². The van der Waals surface area contributed by atoms with Crippen LogP contribution in [0.25, 0.3) is 0 Å². The molecular formula is C16H21F2NO2. The third-order valence-corrected chi connectivity index (χ3v) is 4.16. The van der Waals surface area contributed by atoms with Gasteiger partial charge in [0.1, 0.15) is 17.2 Å². The number of hydrogen-bond acceptors (Lipinski definition) is 2. The fourth-order valence-corrected chi connectivity index (χ4v) is 2.99. The van der Waals surface area contributed by atoms with Gasteiger partial charge in [0, 0.05) is 6.54 Å². The van der Waals surface area contributed by atoms with Crippen LogP contribution in [0.5, 0.6) is 0 Å². The molecule has 0 aromatic heterocycles. The molecule has 0 bridgehead atoms. The number of rotatable bonds is 3. The Balaban J connectivity index is 2.07. The van der Waals surface area contributed by atoms with Crippen LogP contribution in [-0.2, 0) is 0 Å². The maximum Gasteiger partial charge on any atom is 0.257 e. The van der Waals surface area contributed by atoms with E-state index in [9.17, 15) is 18.7 Å². The van der Waals surface area contributed by atoms with Gasteiger partial charge >= 0.3 is 0 Å². The van der Waals surface area contributed by atoms with Gasteiger partial charge in [-0.1, -0.05) is 25.8 Å². The number of aliphatic hydroxyl groups is 1. The number of amides is 1. The molecule has 0 heterocycles. The zero-order chi connectivity index (χ0) is 15.6. The second-order valence-corrected chi connectivity index (χ2v) is 6.16. The highest BCUT2D eigenvalue weighted by atomic mass is 19.1. The minimum Gasteiger partial charge on any atom is -0.388 e. The summed E-state index contributed by atoms with van der Waals surface area (Å²) in [5.41, 5.74) is -1.35. The number of nitrogens with one attached hydrogen (secondary N) is 1.